The molecule has 3 N–H and O–H groups in total. The van der Waals surface area contributed by atoms with Gasteiger partial charge in [0.05, 0.1) is 0 Å². The lowest BCUT2D eigenvalue weighted by atomic mass is 10.4. The average Bonchev–Trinajstić information content (AvgIpc) is 2.59. The monoisotopic (exact) mass is 251 g/mol. The molecule has 1 heterocycles. The summed E-state index contributed by atoms with van der Waals surface area (Å²) >= 11 is 0. The predicted octanol–water partition coefficient (Wildman–Crippen LogP) is 1.17. The van der Waals surface area contributed by atoms with E-state index in [1.165, 1.54) is 5.32 Å². The van der Waals surface area contributed by atoms with Gasteiger partial charge in [-0.15, -0.1) is 0 Å². The van der Waals surface area contributed by atoms with Gasteiger partial charge in [0.25, 0.3) is 0 Å². The van der Waals surface area contributed by atoms with Gasteiger partial charge in [-0.1, -0.05) is 6.92 Å². The van der Waals surface area contributed by atoms with Crippen molar-refractivity contribution in [3.8, 4) is 0 Å². The third-order valence-electron chi connectivity index (χ3n) is 1.79. The number of imidazole rings is 1. The maximum Gasteiger partial charge on any atom is 0.471 e. The summed E-state index contributed by atoms with van der Waals surface area (Å²) in [7, 11) is 0. The smallest absolute Gasteiger partial charge is 0.471 e. The number of nitrogens with one attached hydrogen (secondary N) is 2. The van der Waals surface area contributed by atoms with Crippen molar-refractivity contribution in [1.82, 2.24) is 9.97 Å². The summed E-state index contributed by atoms with van der Waals surface area (Å²) in [6, 6.07) is 0. The Morgan fingerprint density at radius 2 is 2.06 bits per heavy atom. The van der Waals surface area contributed by atoms with Crippen LogP contribution >= 0.6 is 0 Å². The second-order valence-electron chi connectivity index (χ2n) is 3.02. The zero-order valence-electron chi connectivity index (χ0n) is 8.55. The molecule has 0 fully saturated rings. The maximum atomic E-state index is 12.0. The normalized spacial score (nSPS) is 11.3. The summed E-state index contributed by atoms with van der Waals surface area (Å²) in [6.45, 7) is 1.62. The van der Waals surface area contributed by atoms with Gasteiger partial charge < -0.3 is 15.4 Å². The van der Waals surface area contributed by atoms with Crippen LogP contribution in [0.3, 0.4) is 0 Å². The Balaban J connectivity index is 3.01. The number of halogens is 3. The molecule has 0 aromatic carbocycles. The second kappa shape index (κ2) is 4.44. The number of nitrogens with zero attached hydrogens (tertiary/aromatic N) is 1. The SMILES string of the molecule is CCc1nc(NC(=O)C(F)(F)F)c(C(=O)O)[nH]1. The van der Waals surface area contributed by atoms with Crippen molar-refractivity contribution in [1.29, 1.82) is 0 Å². The lowest BCUT2D eigenvalue weighted by molar-refractivity contribution is -0.167. The molecule has 0 unspecified atom stereocenters. The number of hydrogen-bond donors (Lipinski definition) is 3. The molecule has 0 bridgehead atoms. The molecule has 94 valence electrons. The van der Waals surface area contributed by atoms with E-state index in [4.69, 9.17) is 5.11 Å². The number of aromatic carboxylic acids is 1. The molecular formula is C8H8F3N3O3. The third kappa shape index (κ3) is 2.95. The fourth-order valence-electron chi connectivity index (χ4n) is 1.01. The number of H-pyrrole nitrogens is 1. The van der Waals surface area contributed by atoms with Gasteiger partial charge in [0, 0.05) is 6.42 Å². The van der Waals surface area contributed by atoms with Crippen molar-refractivity contribution in [2.45, 2.75) is 19.5 Å². The quantitative estimate of drug-likeness (QED) is 0.751. The minimum Gasteiger partial charge on any atom is -0.476 e. The molecule has 0 aliphatic heterocycles. The van der Waals surface area contributed by atoms with Gasteiger partial charge in [-0.05, 0) is 0 Å². The number of carbonyl (C=O) groups excluding carboxylic acids is 1. The standard InChI is InChI=1S/C8H8F3N3O3/c1-2-3-12-4(6(15)16)5(13-3)14-7(17)8(9,10)11/h2H2,1H3,(H,12,13)(H,14,17)(H,15,16). The first-order valence-corrected chi connectivity index (χ1v) is 4.46. The molecule has 0 saturated carbocycles. The highest BCUT2D eigenvalue weighted by molar-refractivity contribution is 6.00. The van der Waals surface area contributed by atoms with Crippen LogP contribution in [0.25, 0.3) is 0 Å². The molecule has 1 aromatic rings. The number of aromatic nitrogens is 2. The van der Waals surface area contributed by atoms with Crippen LogP contribution in [0.15, 0.2) is 0 Å². The molecule has 6 nitrogen and oxygen atoms in total. The zero-order valence-corrected chi connectivity index (χ0v) is 8.55. The average molecular weight is 251 g/mol. The fraction of sp³-hybridized carbons (Fsp3) is 0.375. The Labute approximate surface area is 92.8 Å². The van der Waals surface area contributed by atoms with Crippen molar-refractivity contribution in [3.05, 3.63) is 11.5 Å². The maximum absolute atomic E-state index is 12.0. The topological polar surface area (TPSA) is 95.1 Å². The van der Waals surface area contributed by atoms with Crippen molar-refractivity contribution in [2.75, 3.05) is 5.32 Å². The minimum absolute atomic E-state index is 0.167. The molecule has 1 rings (SSSR count). The first-order valence-electron chi connectivity index (χ1n) is 4.46. The fourth-order valence-corrected chi connectivity index (χ4v) is 1.01. The van der Waals surface area contributed by atoms with Crippen LogP contribution in [0.1, 0.15) is 23.2 Å². The summed E-state index contributed by atoms with van der Waals surface area (Å²) in [6.07, 6.45) is -4.80. The number of anilines is 1. The molecule has 1 aromatic heterocycles. The van der Waals surface area contributed by atoms with E-state index in [0.717, 1.165) is 0 Å². The van der Waals surface area contributed by atoms with E-state index in [0.29, 0.717) is 6.42 Å². The van der Waals surface area contributed by atoms with Crippen molar-refractivity contribution < 1.29 is 27.9 Å². The van der Waals surface area contributed by atoms with E-state index < -0.39 is 29.6 Å². The van der Waals surface area contributed by atoms with E-state index >= 15 is 0 Å². The number of alkyl halides is 3. The van der Waals surface area contributed by atoms with E-state index in [9.17, 15) is 22.8 Å². The molecule has 0 atom stereocenters. The number of hydrogen-bond acceptors (Lipinski definition) is 3. The van der Waals surface area contributed by atoms with Gasteiger partial charge in [0.2, 0.25) is 0 Å². The third-order valence-corrected chi connectivity index (χ3v) is 1.79. The van der Waals surface area contributed by atoms with Crippen molar-refractivity contribution in [2.24, 2.45) is 0 Å². The van der Waals surface area contributed by atoms with E-state index in [1.54, 1.807) is 6.92 Å². The van der Waals surface area contributed by atoms with Gasteiger partial charge in [-0.25, -0.2) is 9.78 Å². The zero-order chi connectivity index (χ0) is 13.2. The number of aryl methyl sites for hydroxylation is 1. The van der Waals surface area contributed by atoms with E-state index in [2.05, 4.69) is 9.97 Å². The summed E-state index contributed by atoms with van der Waals surface area (Å²) in [4.78, 5) is 27.1. The molecular weight excluding hydrogens is 243 g/mol. The van der Waals surface area contributed by atoms with Crippen LogP contribution in [0.2, 0.25) is 0 Å². The lowest BCUT2D eigenvalue weighted by Crippen LogP contribution is -2.30. The number of carbonyl (C=O) groups is 2. The number of amides is 1. The lowest BCUT2D eigenvalue weighted by Gasteiger charge is -2.05. The Hall–Kier alpha value is -2.06. The van der Waals surface area contributed by atoms with E-state index in [-0.39, 0.29) is 5.82 Å². The molecule has 9 heteroatoms. The number of carboxylic acid groups (broad SMARTS) is 1. The van der Waals surface area contributed by atoms with Gasteiger partial charge >= 0.3 is 18.1 Å². The highest BCUT2D eigenvalue weighted by atomic mass is 19.4. The first-order chi connectivity index (χ1) is 7.75. The van der Waals surface area contributed by atoms with Crippen LogP contribution < -0.4 is 5.32 Å². The van der Waals surface area contributed by atoms with Crippen LogP contribution in [0.4, 0.5) is 19.0 Å². The van der Waals surface area contributed by atoms with Crippen LogP contribution in [0, 0.1) is 0 Å². The Morgan fingerprint density at radius 3 is 2.47 bits per heavy atom. The second-order valence-corrected chi connectivity index (χ2v) is 3.02. The van der Waals surface area contributed by atoms with Gasteiger partial charge in [-0.3, -0.25) is 4.79 Å². The predicted molar refractivity (Wildman–Crippen MR) is 49.6 cm³/mol. The molecule has 0 aliphatic carbocycles. The van der Waals surface area contributed by atoms with Crippen LogP contribution in [-0.2, 0) is 11.2 Å². The minimum atomic E-state index is -5.10. The molecule has 0 radical (unpaired) electrons. The Morgan fingerprint density at radius 1 is 1.47 bits per heavy atom. The summed E-state index contributed by atoms with van der Waals surface area (Å²) in [5.41, 5.74) is -0.584. The molecule has 0 saturated heterocycles. The number of carboxylic acids is 1. The molecule has 0 spiro atoms. The van der Waals surface area contributed by atoms with Crippen molar-refractivity contribution in [3.63, 3.8) is 0 Å². The number of aromatic amines is 1. The largest absolute Gasteiger partial charge is 0.476 e. The van der Waals surface area contributed by atoms with Gasteiger partial charge in [0.1, 0.15) is 5.82 Å². The van der Waals surface area contributed by atoms with Crippen molar-refractivity contribution >= 4 is 17.7 Å². The van der Waals surface area contributed by atoms with Gasteiger partial charge in [0.15, 0.2) is 11.5 Å². The first kappa shape index (κ1) is 13.0. The summed E-state index contributed by atoms with van der Waals surface area (Å²) in [5.74, 6) is -4.25. The molecule has 1 amide bonds. The van der Waals surface area contributed by atoms with Crippen LogP contribution in [0.5, 0.6) is 0 Å². The number of rotatable bonds is 3. The molecule has 0 aliphatic rings. The van der Waals surface area contributed by atoms with Crippen LogP contribution in [-0.4, -0.2) is 33.1 Å². The molecule has 17 heavy (non-hydrogen) atoms. The Bertz CT molecular complexity index is 453. The van der Waals surface area contributed by atoms with Gasteiger partial charge in [-0.2, -0.15) is 13.2 Å². The van der Waals surface area contributed by atoms with E-state index in [1.807, 2.05) is 0 Å². The summed E-state index contributed by atoms with van der Waals surface area (Å²) < 4.78 is 35.9. The highest BCUT2D eigenvalue weighted by Crippen LogP contribution is 2.19. The Kier molecular flexibility index (Phi) is 3.39. The highest BCUT2D eigenvalue weighted by Gasteiger charge is 2.39. The summed E-state index contributed by atoms with van der Waals surface area (Å²) in [5, 5.41) is 10.1.